The number of benzene rings is 3. The van der Waals surface area contributed by atoms with E-state index in [0.717, 1.165) is 11.1 Å². The number of carbonyl (C=O) groups is 1. The predicted molar refractivity (Wildman–Crippen MR) is 113 cm³/mol. The molecule has 5 nitrogen and oxygen atoms in total. The fourth-order valence-corrected chi connectivity index (χ4v) is 2.81. The molecule has 148 valence electrons. The molecule has 6 heteroatoms. The van der Waals surface area contributed by atoms with Crippen LogP contribution in [0.1, 0.15) is 15.9 Å². The molecule has 0 atom stereocenters. The third kappa shape index (κ3) is 4.67. The number of ether oxygens (including phenoxy) is 1. The van der Waals surface area contributed by atoms with Crippen molar-refractivity contribution < 1.29 is 13.9 Å². The van der Waals surface area contributed by atoms with Crippen molar-refractivity contribution in [1.29, 1.82) is 0 Å². The van der Waals surface area contributed by atoms with Gasteiger partial charge in [0, 0.05) is 29.2 Å². The molecular weight excluding hydrogens is 381 g/mol. The van der Waals surface area contributed by atoms with Crippen molar-refractivity contribution in [3.05, 3.63) is 102 Å². The molecule has 1 aromatic heterocycles. The fourth-order valence-electron chi connectivity index (χ4n) is 2.81. The lowest BCUT2D eigenvalue weighted by Crippen LogP contribution is -2.11. The Kier molecular flexibility index (Phi) is 5.48. The smallest absolute Gasteiger partial charge is 0.321 e. The van der Waals surface area contributed by atoms with E-state index in [9.17, 15) is 9.18 Å². The van der Waals surface area contributed by atoms with Crippen LogP contribution >= 0.6 is 0 Å². The second-order valence-corrected chi connectivity index (χ2v) is 6.71. The number of nitrogens with one attached hydrogen (secondary N) is 1. The van der Waals surface area contributed by atoms with Gasteiger partial charge in [0.25, 0.3) is 5.91 Å². The van der Waals surface area contributed by atoms with E-state index in [1.54, 1.807) is 42.7 Å². The zero-order chi connectivity index (χ0) is 20.9. The number of aromatic nitrogens is 2. The van der Waals surface area contributed by atoms with Crippen molar-refractivity contribution in [1.82, 2.24) is 9.97 Å². The van der Waals surface area contributed by atoms with Crippen LogP contribution in [0.5, 0.6) is 11.8 Å². The molecule has 1 heterocycles. The quantitative estimate of drug-likeness (QED) is 0.472. The molecule has 0 fully saturated rings. The minimum Gasteiger partial charge on any atom is -0.424 e. The lowest BCUT2D eigenvalue weighted by atomic mass is 10.1. The summed E-state index contributed by atoms with van der Waals surface area (Å²) in [5.41, 5.74) is 3.92. The number of nitrogens with zero attached hydrogens (tertiary/aromatic N) is 2. The third-order valence-corrected chi connectivity index (χ3v) is 4.42. The minimum atomic E-state index is -0.412. The highest BCUT2D eigenvalue weighted by Crippen LogP contribution is 2.22. The van der Waals surface area contributed by atoms with Crippen molar-refractivity contribution >= 4 is 11.6 Å². The monoisotopic (exact) mass is 399 g/mol. The SMILES string of the molecule is Cc1ccc(-c2cnc(Oc3ccc(C(=O)Nc4cccc(F)c4)cc3)nc2)cc1. The summed E-state index contributed by atoms with van der Waals surface area (Å²) in [6.07, 6.45) is 3.40. The average molecular weight is 399 g/mol. The Labute approximate surface area is 173 Å². The summed E-state index contributed by atoms with van der Waals surface area (Å²) < 4.78 is 18.9. The van der Waals surface area contributed by atoms with Crippen LogP contribution in [0.15, 0.2) is 85.2 Å². The summed E-state index contributed by atoms with van der Waals surface area (Å²) in [6.45, 7) is 2.04. The van der Waals surface area contributed by atoms with Gasteiger partial charge in [0.2, 0.25) is 0 Å². The van der Waals surface area contributed by atoms with Crippen molar-refractivity contribution in [2.24, 2.45) is 0 Å². The van der Waals surface area contributed by atoms with E-state index in [-0.39, 0.29) is 11.9 Å². The standard InChI is InChI=1S/C24H18FN3O2/c1-16-5-7-17(8-6-16)19-14-26-24(27-15-19)30-22-11-9-18(10-12-22)23(29)28-21-4-2-3-20(25)13-21/h2-15H,1H3,(H,28,29). The molecule has 0 saturated heterocycles. The highest BCUT2D eigenvalue weighted by atomic mass is 19.1. The van der Waals surface area contributed by atoms with Crippen LogP contribution in [0.25, 0.3) is 11.1 Å². The molecule has 0 spiro atoms. The molecule has 30 heavy (non-hydrogen) atoms. The van der Waals surface area contributed by atoms with Crippen LogP contribution in [-0.4, -0.2) is 15.9 Å². The van der Waals surface area contributed by atoms with Gasteiger partial charge in [0.1, 0.15) is 11.6 Å². The number of carbonyl (C=O) groups excluding carboxylic acids is 1. The molecule has 0 saturated carbocycles. The summed E-state index contributed by atoms with van der Waals surface area (Å²) in [4.78, 5) is 20.8. The van der Waals surface area contributed by atoms with Gasteiger partial charge in [-0.1, -0.05) is 35.9 Å². The largest absolute Gasteiger partial charge is 0.424 e. The van der Waals surface area contributed by atoms with E-state index in [4.69, 9.17) is 4.74 Å². The Bertz CT molecular complexity index is 1160. The first-order valence-corrected chi connectivity index (χ1v) is 9.31. The zero-order valence-electron chi connectivity index (χ0n) is 16.2. The molecule has 3 aromatic carbocycles. The molecule has 1 N–H and O–H groups in total. The molecule has 0 radical (unpaired) electrons. The Morgan fingerprint density at radius 1 is 0.900 bits per heavy atom. The Balaban J connectivity index is 1.40. The van der Waals surface area contributed by atoms with Crippen molar-refractivity contribution in [2.45, 2.75) is 6.92 Å². The lowest BCUT2D eigenvalue weighted by molar-refractivity contribution is 0.102. The first-order chi connectivity index (χ1) is 14.6. The maximum atomic E-state index is 13.2. The van der Waals surface area contributed by atoms with Crippen LogP contribution in [-0.2, 0) is 0 Å². The first-order valence-electron chi connectivity index (χ1n) is 9.31. The number of halogens is 1. The van der Waals surface area contributed by atoms with Crippen LogP contribution < -0.4 is 10.1 Å². The number of amides is 1. The van der Waals surface area contributed by atoms with E-state index < -0.39 is 5.82 Å². The maximum Gasteiger partial charge on any atom is 0.321 e. The molecule has 0 aliphatic rings. The lowest BCUT2D eigenvalue weighted by Gasteiger charge is -2.07. The summed E-state index contributed by atoms with van der Waals surface area (Å²) in [6, 6.07) is 20.6. The summed E-state index contributed by atoms with van der Waals surface area (Å²) in [5.74, 6) is -0.254. The fraction of sp³-hybridized carbons (Fsp3) is 0.0417. The molecule has 4 rings (SSSR count). The van der Waals surface area contributed by atoms with Crippen LogP contribution in [0.4, 0.5) is 10.1 Å². The van der Waals surface area contributed by atoms with E-state index >= 15 is 0 Å². The molecule has 0 aliphatic heterocycles. The molecule has 1 amide bonds. The summed E-state index contributed by atoms with van der Waals surface area (Å²) in [7, 11) is 0. The Hall–Kier alpha value is -4.06. The average Bonchev–Trinajstić information content (AvgIpc) is 2.75. The van der Waals surface area contributed by atoms with Gasteiger partial charge < -0.3 is 10.1 Å². The first kappa shape index (κ1) is 19.3. The van der Waals surface area contributed by atoms with E-state index in [0.29, 0.717) is 17.0 Å². The van der Waals surface area contributed by atoms with E-state index in [2.05, 4.69) is 15.3 Å². The van der Waals surface area contributed by atoms with Crippen LogP contribution in [0.3, 0.4) is 0 Å². The number of aryl methyl sites for hydroxylation is 1. The van der Waals surface area contributed by atoms with Gasteiger partial charge >= 0.3 is 6.01 Å². The zero-order valence-corrected chi connectivity index (χ0v) is 16.2. The topological polar surface area (TPSA) is 64.1 Å². The van der Waals surface area contributed by atoms with Gasteiger partial charge in [-0.15, -0.1) is 0 Å². The van der Waals surface area contributed by atoms with Crippen molar-refractivity contribution in [3.8, 4) is 22.9 Å². The van der Waals surface area contributed by atoms with Gasteiger partial charge in [-0.25, -0.2) is 14.4 Å². The highest BCUT2D eigenvalue weighted by molar-refractivity contribution is 6.04. The predicted octanol–water partition coefficient (Wildman–Crippen LogP) is 5.64. The van der Waals surface area contributed by atoms with Gasteiger partial charge in [0.05, 0.1) is 0 Å². The van der Waals surface area contributed by atoms with Crippen LogP contribution in [0.2, 0.25) is 0 Å². The Morgan fingerprint density at radius 3 is 2.27 bits per heavy atom. The normalized spacial score (nSPS) is 10.5. The third-order valence-electron chi connectivity index (χ3n) is 4.42. The second kappa shape index (κ2) is 8.53. The minimum absolute atomic E-state index is 0.211. The molecule has 4 aromatic rings. The van der Waals surface area contributed by atoms with Gasteiger partial charge in [0.15, 0.2) is 0 Å². The number of hydrogen-bond acceptors (Lipinski definition) is 4. The molecule has 0 unspecified atom stereocenters. The molecule has 0 bridgehead atoms. The molecular formula is C24H18FN3O2. The number of anilines is 1. The number of rotatable bonds is 5. The van der Waals surface area contributed by atoms with Gasteiger partial charge in [-0.2, -0.15) is 0 Å². The van der Waals surface area contributed by atoms with E-state index in [1.165, 1.54) is 23.8 Å². The Morgan fingerprint density at radius 2 is 1.60 bits per heavy atom. The van der Waals surface area contributed by atoms with Gasteiger partial charge in [-0.05, 0) is 55.0 Å². The highest BCUT2D eigenvalue weighted by Gasteiger charge is 2.08. The van der Waals surface area contributed by atoms with E-state index in [1.807, 2.05) is 31.2 Å². The number of hydrogen-bond donors (Lipinski definition) is 1. The summed E-state index contributed by atoms with van der Waals surface area (Å²) in [5, 5.41) is 2.65. The maximum absolute atomic E-state index is 13.2. The van der Waals surface area contributed by atoms with Gasteiger partial charge in [-0.3, -0.25) is 4.79 Å². The van der Waals surface area contributed by atoms with Crippen molar-refractivity contribution in [3.63, 3.8) is 0 Å². The molecule has 0 aliphatic carbocycles. The summed E-state index contributed by atoms with van der Waals surface area (Å²) >= 11 is 0. The second-order valence-electron chi connectivity index (χ2n) is 6.71. The van der Waals surface area contributed by atoms with Crippen molar-refractivity contribution in [2.75, 3.05) is 5.32 Å². The van der Waals surface area contributed by atoms with Crippen LogP contribution in [0, 0.1) is 12.7 Å².